The van der Waals surface area contributed by atoms with E-state index < -0.39 is 0 Å². The van der Waals surface area contributed by atoms with E-state index in [4.69, 9.17) is 0 Å². The molecule has 1 heterocycles. The molecule has 0 aromatic heterocycles. The molecule has 138 valence electrons. The van der Waals surface area contributed by atoms with Crippen LogP contribution < -0.4 is 5.32 Å². The summed E-state index contributed by atoms with van der Waals surface area (Å²) >= 11 is 0. The van der Waals surface area contributed by atoms with Crippen molar-refractivity contribution in [3.63, 3.8) is 0 Å². The van der Waals surface area contributed by atoms with Gasteiger partial charge in [0, 0.05) is 19.0 Å². The molecule has 0 saturated heterocycles. The Kier molecular flexibility index (Phi) is 5.60. The van der Waals surface area contributed by atoms with E-state index in [9.17, 15) is 9.59 Å². The van der Waals surface area contributed by atoms with Gasteiger partial charge in [-0.05, 0) is 43.2 Å². The van der Waals surface area contributed by atoms with E-state index in [1.807, 2.05) is 23.1 Å². The Morgan fingerprint density at radius 3 is 2.40 bits per heavy atom. The maximum Gasteiger partial charge on any atom is 0.222 e. The van der Waals surface area contributed by atoms with Crippen molar-refractivity contribution in [3.05, 3.63) is 35.4 Å². The maximum atomic E-state index is 12.7. The second-order valence-electron chi connectivity index (χ2n) is 9.05. The lowest BCUT2D eigenvalue weighted by Crippen LogP contribution is -2.48. The highest BCUT2D eigenvalue weighted by atomic mass is 16.2. The maximum absolute atomic E-state index is 12.7. The lowest BCUT2D eigenvalue weighted by Gasteiger charge is -2.38. The van der Waals surface area contributed by atoms with Crippen LogP contribution in [0.2, 0.25) is 0 Å². The van der Waals surface area contributed by atoms with Gasteiger partial charge in [0.25, 0.3) is 0 Å². The molecule has 1 N–H and O–H groups in total. The van der Waals surface area contributed by atoms with Crippen LogP contribution in [-0.4, -0.2) is 28.8 Å². The monoisotopic (exact) mass is 344 g/mol. The minimum absolute atomic E-state index is 0.00204. The fraction of sp³-hybridized carbons (Fsp3) is 0.619. The average molecular weight is 344 g/mol. The van der Waals surface area contributed by atoms with E-state index in [2.05, 4.69) is 46.0 Å². The number of nitrogens with one attached hydrogen (secondary N) is 1. The summed E-state index contributed by atoms with van der Waals surface area (Å²) in [5, 5.41) is 3.17. The smallest absolute Gasteiger partial charge is 0.222 e. The van der Waals surface area contributed by atoms with E-state index in [0.29, 0.717) is 13.0 Å². The molecule has 4 nitrogen and oxygen atoms in total. The standard InChI is InChI=1S/C21H32N2O2/c1-15(24)23-12-11-16-9-7-8-10-17(16)18(23)13-19(25)22-21(5,6)14-20(2,3)4/h7-10,18H,11-14H2,1-6H3,(H,22,25). The Bertz CT molecular complexity index is 644. The number of carbonyl (C=O) groups excluding carboxylic acids is 2. The summed E-state index contributed by atoms with van der Waals surface area (Å²) in [5.41, 5.74) is 2.21. The third-order valence-corrected chi connectivity index (χ3v) is 4.65. The molecular formula is C21H32N2O2. The Labute approximate surface area is 152 Å². The van der Waals surface area contributed by atoms with E-state index in [1.165, 1.54) is 5.56 Å². The van der Waals surface area contributed by atoms with E-state index in [0.717, 1.165) is 18.4 Å². The number of nitrogens with zero attached hydrogens (tertiary/aromatic N) is 1. The van der Waals surface area contributed by atoms with Crippen molar-refractivity contribution in [2.75, 3.05) is 6.54 Å². The summed E-state index contributed by atoms with van der Waals surface area (Å²) in [6.07, 6.45) is 2.05. The van der Waals surface area contributed by atoms with Gasteiger partial charge in [0.2, 0.25) is 11.8 Å². The number of fused-ring (bicyclic) bond motifs is 1. The van der Waals surface area contributed by atoms with Crippen molar-refractivity contribution < 1.29 is 9.59 Å². The van der Waals surface area contributed by atoms with Gasteiger partial charge < -0.3 is 10.2 Å². The van der Waals surface area contributed by atoms with Crippen LogP contribution in [0.25, 0.3) is 0 Å². The van der Waals surface area contributed by atoms with Gasteiger partial charge in [-0.1, -0.05) is 45.0 Å². The zero-order chi connectivity index (χ0) is 18.8. The molecule has 1 atom stereocenters. The highest BCUT2D eigenvalue weighted by Gasteiger charge is 2.33. The fourth-order valence-electron chi connectivity index (χ4n) is 4.22. The molecule has 2 amide bonds. The molecule has 1 aliphatic heterocycles. The third-order valence-electron chi connectivity index (χ3n) is 4.65. The molecule has 1 unspecified atom stereocenters. The van der Waals surface area contributed by atoms with E-state index >= 15 is 0 Å². The number of carbonyl (C=O) groups is 2. The minimum Gasteiger partial charge on any atom is -0.351 e. The molecule has 0 spiro atoms. The first-order valence-corrected chi connectivity index (χ1v) is 9.14. The molecule has 0 saturated carbocycles. The van der Waals surface area contributed by atoms with Gasteiger partial charge >= 0.3 is 0 Å². The first kappa shape index (κ1) is 19.5. The zero-order valence-corrected chi connectivity index (χ0v) is 16.5. The predicted molar refractivity (Wildman–Crippen MR) is 101 cm³/mol. The van der Waals surface area contributed by atoms with Gasteiger partial charge in [-0.15, -0.1) is 0 Å². The molecular weight excluding hydrogens is 312 g/mol. The zero-order valence-electron chi connectivity index (χ0n) is 16.5. The predicted octanol–water partition coefficient (Wildman–Crippen LogP) is 3.85. The van der Waals surface area contributed by atoms with E-state index in [-0.39, 0.29) is 28.8 Å². The molecule has 0 fully saturated rings. The first-order valence-electron chi connectivity index (χ1n) is 9.14. The lowest BCUT2D eigenvalue weighted by molar-refractivity contribution is -0.133. The molecule has 0 radical (unpaired) electrons. The van der Waals surface area contributed by atoms with Crippen molar-refractivity contribution in [1.29, 1.82) is 0 Å². The van der Waals surface area contributed by atoms with E-state index in [1.54, 1.807) is 6.92 Å². The van der Waals surface area contributed by atoms with Crippen molar-refractivity contribution in [2.24, 2.45) is 5.41 Å². The Balaban J connectivity index is 2.16. The number of hydrogen-bond acceptors (Lipinski definition) is 2. The Hall–Kier alpha value is -1.84. The molecule has 1 aliphatic rings. The molecule has 0 bridgehead atoms. The van der Waals surface area contributed by atoms with Crippen LogP contribution in [0.15, 0.2) is 24.3 Å². The second-order valence-corrected chi connectivity index (χ2v) is 9.05. The summed E-state index contributed by atoms with van der Waals surface area (Å²) in [7, 11) is 0. The molecule has 25 heavy (non-hydrogen) atoms. The number of rotatable bonds is 4. The van der Waals surface area contributed by atoms with Crippen molar-refractivity contribution in [3.8, 4) is 0 Å². The van der Waals surface area contributed by atoms with Crippen LogP contribution in [0.4, 0.5) is 0 Å². The Morgan fingerprint density at radius 2 is 1.80 bits per heavy atom. The van der Waals surface area contributed by atoms with Gasteiger partial charge in [-0.2, -0.15) is 0 Å². The molecule has 2 rings (SSSR count). The summed E-state index contributed by atoms with van der Waals surface area (Å²) in [6.45, 7) is 12.9. The summed E-state index contributed by atoms with van der Waals surface area (Å²) < 4.78 is 0. The molecule has 1 aromatic rings. The summed E-state index contributed by atoms with van der Waals surface area (Å²) in [5.74, 6) is 0.0310. The molecule has 4 heteroatoms. The van der Waals surface area contributed by atoms with Crippen LogP contribution in [0.1, 0.15) is 71.6 Å². The summed E-state index contributed by atoms with van der Waals surface area (Å²) in [4.78, 5) is 26.6. The fourth-order valence-corrected chi connectivity index (χ4v) is 4.22. The number of benzene rings is 1. The van der Waals surface area contributed by atoms with Crippen molar-refractivity contribution in [2.45, 2.75) is 72.4 Å². The normalized spacial score (nSPS) is 17.8. The van der Waals surface area contributed by atoms with Gasteiger partial charge in [0.05, 0.1) is 12.5 Å². The minimum atomic E-state index is -0.273. The van der Waals surface area contributed by atoms with Gasteiger partial charge in [0.15, 0.2) is 0 Å². The molecule has 1 aromatic carbocycles. The number of hydrogen-bond donors (Lipinski definition) is 1. The first-order chi connectivity index (χ1) is 11.5. The lowest BCUT2D eigenvalue weighted by atomic mass is 9.81. The van der Waals surface area contributed by atoms with Crippen LogP contribution in [0.5, 0.6) is 0 Å². The van der Waals surface area contributed by atoms with Crippen molar-refractivity contribution >= 4 is 11.8 Å². The van der Waals surface area contributed by atoms with Gasteiger partial charge in [-0.3, -0.25) is 9.59 Å². The Morgan fingerprint density at radius 1 is 1.16 bits per heavy atom. The van der Waals surface area contributed by atoms with Crippen molar-refractivity contribution in [1.82, 2.24) is 10.2 Å². The van der Waals surface area contributed by atoms with Gasteiger partial charge in [0.1, 0.15) is 0 Å². The number of amides is 2. The van der Waals surface area contributed by atoms with Gasteiger partial charge in [-0.25, -0.2) is 0 Å². The second kappa shape index (κ2) is 7.19. The van der Waals surface area contributed by atoms with Crippen LogP contribution >= 0.6 is 0 Å². The van der Waals surface area contributed by atoms with Crippen LogP contribution in [0.3, 0.4) is 0 Å². The van der Waals surface area contributed by atoms with Crippen LogP contribution in [0, 0.1) is 5.41 Å². The highest BCUT2D eigenvalue weighted by molar-refractivity contribution is 5.80. The third kappa shape index (κ3) is 5.32. The quantitative estimate of drug-likeness (QED) is 0.902. The average Bonchev–Trinajstić information content (AvgIpc) is 2.43. The SMILES string of the molecule is CC(=O)N1CCc2ccccc2C1CC(=O)NC(C)(C)CC(C)(C)C. The topological polar surface area (TPSA) is 49.4 Å². The largest absolute Gasteiger partial charge is 0.351 e. The summed E-state index contributed by atoms with van der Waals surface area (Å²) in [6, 6.07) is 7.97. The molecule has 0 aliphatic carbocycles. The van der Waals surface area contributed by atoms with Crippen LogP contribution in [-0.2, 0) is 16.0 Å². The highest BCUT2D eigenvalue weighted by Crippen LogP contribution is 2.33.